The van der Waals surface area contributed by atoms with E-state index in [0.717, 1.165) is 29.9 Å². The zero-order valence-electron chi connectivity index (χ0n) is 15.5. The molecule has 0 bridgehead atoms. The first kappa shape index (κ1) is 20.0. The van der Waals surface area contributed by atoms with Gasteiger partial charge in [-0.15, -0.1) is 0 Å². The summed E-state index contributed by atoms with van der Waals surface area (Å²) >= 11 is 0. The van der Waals surface area contributed by atoms with Gasteiger partial charge in [0.15, 0.2) is 18.1 Å². The van der Waals surface area contributed by atoms with Crippen LogP contribution < -0.4 is 14.8 Å². The van der Waals surface area contributed by atoms with Crippen LogP contribution in [0.5, 0.6) is 11.5 Å². The fraction of sp³-hybridized carbons (Fsp3) is 0.350. The molecule has 1 aromatic carbocycles. The van der Waals surface area contributed by atoms with E-state index < -0.39 is 12.8 Å². The molecule has 3 rings (SSSR count). The van der Waals surface area contributed by atoms with Gasteiger partial charge in [-0.2, -0.15) is 13.2 Å². The smallest absolute Gasteiger partial charge is 0.422 e. The number of fused-ring (bicyclic) bond motifs is 1. The average molecular weight is 393 g/mol. The van der Waals surface area contributed by atoms with Crippen molar-refractivity contribution in [1.29, 1.82) is 0 Å². The van der Waals surface area contributed by atoms with Crippen LogP contribution in [0.4, 0.5) is 13.2 Å². The number of aromatic nitrogens is 2. The highest BCUT2D eigenvalue weighted by Gasteiger charge is 2.29. The summed E-state index contributed by atoms with van der Waals surface area (Å²) < 4.78 is 49.3. The summed E-state index contributed by atoms with van der Waals surface area (Å²) in [7, 11) is 0. The lowest BCUT2D eigenvalue weighted by Gasteiger charge is -2.14. The Labute approximate surface area is 161 Å². The van der Waals surface area contributed by atoms with E-state index in [0.29, 0.717) is 18.9 Å². The van der Waals surface area contributed by atoms with Gasteiger partial charge in [0.1, 0.15) is 5.65 Å². The van der Waals surface area contributed by atoms with Crippen LogP contribution in [-0.4, -0.2) is 35.3 Å². The standard InChI is InChI=1S/C20H22F3N3O2/c1-2-27-18-11-15(6-7-17(18)28-14-20(21,22)23)12-24-9-8-16-13-26-10-4-3-5-19(26)25-16/h3-7,10-11,13,24H,2,8-9,12,14H2,1H3. The van der Waals surface area contributed by atoms with Gasteiger partial charge in [-0.05, 0) is 36.8 Å². The minimum Gasteiger partial charge on any atom is -0.490 e. The average Bonchev–Trinajstić information content (AvgIpc) is 3.07. The fourth-order valence-electron chi connectivity index (χ4n) is 2.77. The molecule has 0 unspecified atom stereocenters. The van der Waals surface area contributed by atoms with Crippen molar-refractivity contribution >= 4 is 5.65 Å². The summed E-state index contributed by atoms with van der Waals surface area (Å²) in [6.45, 7) is 2.05. The van der Waals surface area contributed by atoms with Gasteiger partial charge in [0.25, 0.3) is 0 Å². The quantitative estimate of drug-likeness (QED) is 0.558. The van der Waals surface area contributed by atoms with Gasteiger partial charge in [-0.3, -0.25) is 0 Å². The summed E-state index contributed by atoms with van der Waals surface area (Å²) in [5.74, 6) is 0.402. The Morgan fingerprint density at radius 2 is 1.96 bits per heavy atom. The molecule has 150 valence electrons. The first-order valence-electron chi connectivity index (χ1n) is 9.03. The molecule has 0 atom stereocenters. The van der Waals surface area contributed by atoms with Gasteiger partial charge < -0.3 is 19.2 Å². The Bertz CT molecular complexity index is 876. The molecule has 0 radical (unpaired) electrons. The van der Waals surface area contributed by atoms with Crippen molar-refractivity contribution in [3.63, 3.8) is 0 Å². The monoisotopic (exact) mass is 393 g/mol. The summed E-state index contributed by atoms with van der Waals surface area (Å²) in [6, 6.07) is 10.8. The van der Waals surface area contributed by atoms with Gasteiger partial charge in [0.05, 0.1) is 12.3 Å². The zero-order valence-corrected chi connectivity index (χ0v) is 15.5. The maximum atomic E-state index is 12.4. The van der Waals surface area contributed by atoms with Crippen LogP contribution in [0.15, 0.2) is 48.8 Å². The van der Waals surface area contributed by atoms with Crippen LogP contribution in [-0.2, 0) is 13.0 Å². The van der Waals surface area contributed by atoms with Gasteiger partial charge in [-0.25, -0.2) is 4.98 Å². The van der Waals surface area contributed by atoms with Crippen LogP contribution >= 0.6 is 0 Å². The Kier molecular flexibility index (Phi) is 6.41. The maximum absolute atomic E-state index is 12.4. The largest absolute Gasteiger partial charge is 0.490 e. The lowest BCUT2D eigenvalue weighted by molar-refractivity contribution is -0.153. The normalized spacial score (nSPS) is 11.7. The number of alkyl halides is 3. The van der Waals surface area contributed by atoms with Crippen LogP contribution in [0, 0.1) is 0 Å². The van der Waals surface area contributed by atoms with Gasteiger partial charge >= 0.3 is 6.18 Å². The lowest BCUT2D eigenvalue weighted by atomic mass is 10.2. The van der Waals surface area contributed by atoms with Crippen LogP contribution in [0.1, 0.15) is 18.2 Å². The summed E-state index contributed by atoms with van der Waals surface area (Å²) in [5, 5.41) is 3.31. The van der Waals surface area contributed by atoms with Crippen molar-refractivity contribution < 1.29 is 22.6 Å². The second-order valence-corrected chi connectivity index (χ2v) is 6.24. The number of ether oxygens (including phenoxy) is 2. The maximum Gasteiger partial charge on any atom is 0.422 e. The third-order valence-electron chi connectivity index (χ3n) is 4.00. The van der Waals surface area contributed by atoms with Crippen molar-refractivity contribution in [3.8, 4) is 11.5 Å². The number of nitrogens with zero attached hydrogens (tertiary/aromatic N) is 2. The predicted molar refractivity (Wildman–Crippen MR) is 99.8 cm³/mol. The Balaban J connectivity index is 1.53. The Hall–Kier alpha value is -2.74. The number of rotatable bonds is 9. The van der Waals surface area contributed by atoms with Crippen LogP contribution in [0.25, 0.3) is 5.65 Å². The van der Waals surface area contributed by atoms with E-state index in [1.54, 1.807) is 19.1 Å². The molecule has 0 saturated carbocycles. The molecule has 3 aromatic rings. The number of halogens is 3. The highest BCUT2D eigenvalue weighted by atomic mass is 19.4. The van der Waals surface area contributed by atoms with Crippen LogP contribution in [0.3, 0.4) is 0 Å². The predicted octanol–water partition coefficient (Wildman–Crippen LogP) is 4.01. The van der Waals surface area contributed by atoms with Crippen molar-refractivity contribution in [3.05, 3.63) is 60.0 Å². The molecule has 0 fully saturated rings. The number of nitrogens with one attached hydrogen (secondary N) is 1. The van der Waals surface area contributed by atoms with Gasteiger partial charge in [0.2, 0.25) is 0 Å². The second-order valence-electron chi connectivity index (χ2n) is 6.24. The minimum absolute atomic E-state index is 0.0904. The number of benzene rings is 1. The number of imidazole rings is 1. The van der Waals surface area contributed by atoms with Crippen molar-refractivity contribution in [2.24, 2.45) is 0 Å². The molecule has 2 aromatic heterocycles. The fourth-order valence-corrected chi connectivity index (χ4v) is 2.77. The molecule has 5 nitrogen and oxygen atoms in total. The molecule has 0 amide bonds. The highest BCUT2D eigenvalue weighted by molar-refractivity contribution is 5.43. The zero-order chi connectivity index (χ0) is 20.0. The number of hydrogen-bond donors (Lipinski definition) is 1. The van der Waals surface area contributed by atoms with Crippen molar-refractivity contribution in [2.45, 2.75) is 26.1 Å². The van der Waals surface area contributed by atoms with E-state index in [2.05, 4.69) is 10.3 Å². The lowest BCUT2D eigenvalue weighted by Crippen LogP contribution is -2.20. The number of hydrogen-bond acceptors (Lipinski definition) is 4. The molecule has 8 heteroatoms. The first-order chi connectivity index (χ1) is 13.4. The second kappa shape index (κ2) is 8.97. The molecule has 0 aliphatic carbocycles. The minimum atomic E-state index is -4.39. The molecular formula is C20H22F3N3O2. The molecule has 0 saturated heterocycles. The van der Waals surface area contributed by atoms with E-state index in [9.17, 15) is 13.2 Å². The van der Waals surface area contributed by atoms with E-state index in [1.807, 2.05) is 35.0 Å². The van der Waals surface area contributed by atoms with E-state index in [4.69, 9.17) is 9.47 Å². The summed E-state index contributed by atoms with van der Waals surface area (Å²) in [5.41, 5.74) is 2.80. The van der Waals surface area contributed by atoms with Crippen molar-refractivity contribution in [1.82, 2.24) is 14.7 Å². The van der Waals surface area contributed by atoms with Crippen molar-refractivity contribution in [2.75, 3.05) is 19.8 Å². The summed E-state index contributed by atoms with van der Waals surface area (Å²) in [4.78, 5) is 4.54. The Morgan fingerprint density at radius 1 is 1.11 bits per heavy atom. The third kappa shape index (κ3) is 5.63. The molecule has 2 heterocycles. The molecule has 0 spiro atoms. The number of pyridine rings is 1. The molecule has 0 aliphatic rings. The third-order valence-corrected chi connectivity index (χ3v) is 4.00. The first-order valence-corrected chi connectivity index (χ1v) is 9.03. The van der Waals surface area contributed by atoms with E-state index >= 15 is 0 Å². The molecular weight excluding hydrogens is 371 g/mol. The van der Waals surface area contributed by atoms with E-state index in [1.165, 1.54) is 6.07 Å². The molecule has 1 N–H and O–H groups in total. The Morgan fingerprint density at radius 3 is 2.71 bits per heavy atom. The molecule has 0 aliphatic heterocycles. The highest BCUT2D eigenvalue weighted by Crippen LogP contribution is 2.30. The van der Waals surface area contributed by atoms with Gasteiger partial charge in [-0.1, -0.05) is 12.1 Å². The topological polar surface area (TPSA) is 47.8 Å². The van der Waals surface area contributed by atoms with Crippen LogP contribution in [0.2, 0.25) is 0 Å². The SMILES string of the molecule is CCOc1cc(CNCCc2cn3ccccc3n2)ccc1OCC(F)(F)F. The molecule has 28 heavy (non-hydrogen) atoms. The van der Waals surface area contributed by atoms with E-state index in [-0.39, 0.29) is 5.75 Å². The summed E-state index contributed by atoms with van der Waals surface area (Å²) in [6.07, 6.45) is 0.336. The van der Waals surface area contributed by atoms with Gasteiger partial charge in [0, 0.05) is 31.9 Å².